The third-order valence-electron chi connectivity index (χ3n) is 5.89. The van der Waals surface area contributed by atoms with Gasteiger partial charge in [-0.05, 0) is 0 Å². The zero-order valence-corrected chi connectivity index (χ0v) is 26.3. The molecule has 0 aromatic heterocycles. The highest BCUT2D eigenvalue weighted by Gasteiger charge is 2.56. The Hall–Kier alpha value is -3.07. The quantitative estimate of drug-likeness (QED) is 0.0825. The summed E-state index contributed by atoms with van der Waals surface area (Å²) in [4.78, 5) is 60.2. The minimum Gasteiger partial charge on any atom is -0.457 e. The van der Waals surface area contributed by atoms with Crippen LogP contribution < -0.4 is 5.32 Å². The van der Waals surface area contributed by atoms with E-state index < -0.39 is 125 Å². The Morgan fingerprint density at radius 1 is 0.630 bits per heavy atom. The number of nitrogens with one attached hydrogen (secondary N) is 1. The van der Waals surface area contributed by atoms with Gasteiger partial charge in [0.1, 0.15) is 24.4 Å². The van der Waals surface area contributed by atoms with Crippen LogP contribution in [0.15, 0.2) is 0 Å². The third kappa shape index (κ3) is 12.3. The minimum atomic E-state index is -5.17. The van der Waals surface area contributed by atoms with Gasteiger partial charge in [0, 0.05) is 34.6 Å². The summed E-state index contributed by atoms with van der Waals surface area (Å²) in [5, 5.41) is 12.8. The molecule has 0 aliphatic carbocycles. The van der Waals surface area contributed by atoms with E-state index in [0.717, 1.165) is 34.6 Å². The fraction of sp³-hybridized carbons (Fsp3) is 0.773. The maximum Gasteiger partial charge on any atom is 0.397 e. The van der Waals surface area contributed by atoms with E-state index in [9.17, 15) is 45.9 Å². The lowest BCUT2D eigenvalue weighted by Gasteiger charge is -2.48. The van der Waals surface area contributed by atoms with Crippen LogP contribution in [0.4, 0.5) is 0 Å². The molecule has 2 aliphatic heterocycles. The highest BCUT2D eigenvalue weighted by molar-refractivity contribution is 7.81. The monoisotopic (exact) mass is 711 g/mol. The second kappa shape index (κ2) is 16.2. The van der Waals surface area contributed by atoms with Crippen LogP contribution in [0.1, 0.15) is 34.6 Å². The van der Waals surface area contributed by atoms with Crippen molar-refractivity contribution in [2.45, 2.75) is 96.0 Å². The molecule has 0 radical (unpaired) electrons. The minimum absolute atomic E-state index is 0.788. The van der Waals surface area contributed by atoms with Crippen LogP contribution in [0.25, 0.3) is 0 Å². The number of carbonyl (C=O) groups is 5. The molecule has 0 bridgehead atoms. The van der Waals surface area contributed by atoms with Crippen LogP contribution in [-0.2, 0) is 86.3 Å². The summed E-state index contributed by atoms with van der Waals surface area (Å²) in [5.41, 5.74) is 0. The topological polar surface area (TPSA) is 309 Å². The van der Waals surface area contributed by atoms with E-state index >= 15 is 0 Å². The first-order chi connectivity index (χ1) is 21.1. The lowest BCUT2D eigenvalue weighted by Crippen LogP contribution is -2.68. The van der Waals surface area contributed by atoms with E-state index in [0.29, 0.717) is 0 Å². The molecule has 2 saturated heterocycles. The fourth-order valence-corrected chi connectivity index (χ4v) is 5.11. The van der Waals surface area contributed by atoms with Crippen LogP contribution in [-0.4, -0.2) is 135 Å². The number of hydrogen-bond donors (Lipinski definition) is 4. The maximum absolute atomic E-state index is 12.1. The van der Waals surface area contributed by atoms with E-state index in [1.54, 1.807) is 0 Å². The molecule has 2 heterocycles. The van der Waals surface area contributed by atoms with Crippen LogP contribution in [0, 0.1) is 0 Å². The van der Waals surface area contributed by atoms with Crippen molar-refractivity contribution in [3.8, 4) is 0 Å². The van der Waals surface area contributed by atoms with Gasteiger partial charge >= 0.3 is 44.7 Å². The second-order valence-corrected chi connectivity index (χ2v) is 11.8. The molecule has 264 valence electrons. The van der Waals surface area contributed by atoms with Gasteiger partial charge in [-0.25, -0.2) is 8.37 Å². The number of carbonyl (C=O) groups excluding carboxylic acids is 5. The van der Waals surface area contributed by atoms with Crippen molar-refractivity contribution in [3.05, 3.63) is 0 Å². The Morgan fingerprint density at radius 2 is 1.04 bits per heavy atom. The average Bonchev–Trinajstić information content (AvgIpc) is 2.86. The molecule has 4 N–H and O–H groups in total. The van der Waals surface area contributed by atoms with Gasteiger partial charge in [-0.1, -0.05) is 0 Å². The van der Waals surface area contributed by atoms with Crippen LogP contribution in [0.5, 0.6) is 0 Å². The fourth-order valence-electron chi connectivity index (χ4n) is 4.50. The summed E-state index contributed by atoms with van der Waals surface area (Å²) < 4.78 is 110. The normalized spacial score (nSPS) is 31.7. The van der Waals surface area contributed by atoms with E-state index in [4.69, 9.17) is 42.3 Å². The third-order valence-corrected chi connectivity index (χ3v) is 6.76. The Kier molecular flexibility index (Phi) is 13.7. The van der Waals surface area contributed by atoms with Gasteiger partial charge in [0.05, 0.1) is 13.2 Å². The van der Waals surface area contributed by atoms with Gasteiger partial charge in [0.2, 0.25) is 5.91 Å². The van der Waals surface area contributed by atoms with E-state index in [1.165, 1.54) is 0 Å². The zero-order chi connectivity index (χ0) is 35.1. The molecule has 2 rings (SSSR count). The number of esters is 4. The summed E-state index contributed by atoms with van der Waals surface area (Å²) in [6.07, 6.45) is -17.0. The molecular formula is C22H33NO21S2. The standard InChI is InChI=1S/C22H33NO21S2/c1-8(24)23-15-18(39-10(3)26)16(13(42-21(15)29)6-36-45(30,31)32)44-22-20(41-12(5)28)19(40-11(4)27)17(38-9(2)25)14(43-22)7-37-46(33,34)35/h13-22,29H,6-7H2,1-5H3,(H,23,24)(H,30,31,32)(H,33,34,35)/t13-,14-,15-,16-,17+,18-,19+,20-,21?,22+/m1/s1. The molecule has 46 heavy (non-hydrogen) atoms. The van der Waals surface area contributed by atoms with Gasteiger partial charge in [0.25, 0.3) is 0 Å². The summed E-state index contributed by atoms with van der Waals surface area (Å²) in [6.45, 7) is 2.35. The summed E-state index contributed by atoms with van der Waals surface area (Å²) in [6, 6.07) is -1.64. The molecule has 24 heteroatoms. The van der Waals surface area contributed by atoms with E-state index in [1.807, 2.05) is 0 Å². The lowest BCUT2D eigenvalue weighted by atomic mass is 9.95. The average molecular weight is 712 g/mol. The van der Waals surface area contributed by atoms with Crippen molar-refractivity contribution >= 4 is 50.6 Å². The van der Waals surface area contributed by atoms with Gasteiger partial charge < -0.3 is 43.6 Å². The predicted molar refractivity (Wildman–Crippen MR) is 139 cm³/mol. The summed E-state index contributed by atoms with van der Waals surface area (Å²) >= 11 is 0. The number of hydrogen-bond acceptors (Lipinski definition) is 19. The van der Waals surface area contributed by atoms with Crippen LogP contribution >= 0.6 is 0 Å². The molecule has 22 nitrogen and oxygen atoms in total. The van der Waals surface area contributed by atoms with Crippen LogP contribution in [0.3, 0.4) is 0 Å². The van der Waals surface area contributed by atoms with E-state index in [2.05, 4.69) is 13.7 Å². The second-order valence-electron chi connectivity index (χ2n) is 9.66. The number of amides is 1. The zero-order valence-electron chi connectivity index (χ0n) is 24.7. The molecule has 2 aliphatic rings. The molecule has 1 amide bonds. The molecule has 0 aromatic carbocycles. The van der Waals surface area contributed by atoms with Crippen molar-refractivity contribution < 1.29 is 96.5 Å². The highest BCUT2D eigenvalue weighted by Crippen LogP contribution is 2.34. The summed E-state index contributed by atoms with van der Waals surface area (Å²) in [5.74, 6) is -4.98. The smallest absolute Gasteiger partial charge is 0.397 e. The van der Waals surface area contributed by atoms with Gasteiger partial charge in [-0.3, -0.25) is 33.1 Å². The van der Waals surface area contributed by atoms with Gasteiger partial charge in [0.15, 0.2) is 37.0 Å². The van der Waals surface area contributed by atoms with Crippen molar-refractivity contribution in [1.29, 1.82) is 0 Å². The summed E-state index contributed by atoms with van der Waals surface area (Å²) in [7, 11) is -10.3. The number of rotatable bonds is 13. The SMILES string of the molecule is CC(=O)N[C@H]1C(O)O[C@H](COS(=O)(=O)O)[C@@H](O[C@@H]2O[C@H](COS(=O)(=O)O)[C@H](OC(C)=O)[C@H](OC(C)=O)[C@H]2OC(C)=O)[C@@H]1OC(C)=O. The van der Waals surface area contributed by atoms with Crippen molar-refractivity contribution in [2.75, 3.05) is 13.2 Å². The molecule has 2 fully saturated rings. The molecule has 1 unspecified atom stereocenters. The van der Waals surface area contributed by atoms with Crippen LogP contribution in [0.2, 0.25) is 0 Å². The highest BCUT2D eigenvalue weighted by atomic mass is 32.3. The Balaban J connectivity index is 2.71. The largest absolute Gasteiger partial charge is 0.457 e. The first-order valence-corrected chi connectivity index (χ1v) is 15.6. The van der Waals surface area contributed by atoms with Gasteiger partial charge in [-0.15, -0.1) is 0 Å². The van der Waals surface area contributed by atoms with Crippen molar-refractivity contribution in [3.63, 3.8) is 0 Å². The predicted octanol–water partition coefficient (Wildman–Crippen LogP) is -3.32. The van der Waals surface area contributed by atoms with Crippen molar-refractivity contribution in [2.24, 2.45) is 0 Å². The molecule has 0 spiro atoms. The number of aliphatic hydroxyl groups excluding tert-OH is 1. The Labute approximate surface area is 261 Å². The van der Waals surface area contributed by atoms with Gasteiger partial charge in [-0.2, -0.15) is 16.8 Å². The Bertz CT molecular complexity index is 1350. The van der Waals surface area contributed by atoms with E-state index in [-0.39, 0.29) is 0 Å². The first kappa shape index (κ1) is 39.1. The maximum atomic E-state index is 12.1. The molecule has 0 aromatic rings. The number of aliphatic hydroxyl groups is 1. The lowest BCUT2D eigenvalue weighted by molar-refractivity contribution is -0.346. The molecule has 0 saturated carbocycles. The first-order valence-electron chi connectivity index (χ1n) is 12.9. The molecular weight excluding hydrogens is 678 g/mol. The van der Waals surface area contributed by atoms with Crippen molar-refractivity contribution in [1.82, 2.24) is 5.32 Å². The Morgan fingerprint density at radius 3 is 1.48 bits per heavy atom. The number of ether oxygens (including phenoxy) is 7. The molecule has 10 atom stereocenters.